The number of aromatic nitrogens is 1. The predicted molar refractivity (Wildman–Crippen MR) is 78.0 cm³/mol. The Labute approximate surface area is 118 Å². The van der Waals surface area contributed by atoms with Gasteiger partial charge < -0.3 is 9.67 Å². The normalized spacial score (nSPS) is 17.3. The molecule has 1 aliphatic rings. The molecule has 1 aromatic carbocycles. The van der Waals surface area contributed by atoms with Crippen LogP contribution in [-0.4, -0.2) is 9.67 Å². The third kappa shape index (κ3) is 1.99. The van der Waals surface area contributed by atoms with Crippen molar-refractivity contribution in [2.75, 3.05) is 0 Å². The summed E-state index contributed by atoms with van der Waals surface area (Å²) >= 11 is 6.27. The van der Waals surface area contributed by atoms with Gasteiger partial charge in [0.15, 0.2) is 0 Å². The Morgan fingerprint density at radius 1 is 1.11 bits per heavy atom. The first-order chi connectivity index (χ1) is 9.01. The minimum Gasteiger partial charge on any atom is -0.385 e. The topological polar surface area (TPSA) is 25.2 Å². The number of benzene rings is 1. The summed E-state index contributed by atoms with van der Waals surface area (Å²) in [6.45, 7) is 4.17. The van der Waals surface area contributed by atoms with Crippen LogP contribution in [0.25, 0.3) is 5.69 Å². The number of aryl methyl sites for hydroxylation is 2. The summed E-state index contributed by atoms with van der Waals surface area (Å²) in [6, 6.07) is 10.1. The predicted octanol–water partition coefficient (Wildman–Crippen LogP) is 4.12. The Bertz CT molecular complexity index is 606. The Morgan fingerprint density at radius 3 is 2.26 bits per heavy atom. The van der Waals surface area contributed by atoms with Gasteiger partial charge in [-0.1, -0.05) is 11.6 Å². The zero-order valence-corrected chi connectivity index (χ0v) is 12.0. The summed E-state index contributed by atoms with van der Waals surface area (Å²) in [5.74, 6) is 0. The molecule has 100 valence electrons. The molecular formula is C16H18ClNO. The zero-order valence-electron chi connectivity index (χ0n) is 11.3. The molecule has 1 N–H and O–H groups in total. The molecule has 0 unspecified atom stereocenters. The molecule has 0 radical (unpaired) electrons. The average Bonchev–Trinajstić information content (AvgIpc) is 2.67. The lowest BCUT2D eigenvalue weighted by molar-refractivity contribution is -0.0386. The van der Waals surface area contributed by atoms with E-state index in [2.05, 4.69) is 30.5 Å². The number of hydrogen-bond acceptors (Lipinski definition) is 1. The Hall–Kier alpha value is -1.25. The Balaban J connectivity index is 2.12. The van der Waals surface area contributed by atoms with Gasteiger partial charge in [0.1, 0.15) is 0 Å². The smallest absolute Gasteiger partial charge is 0.0911 e. The number of rotatable bonds is 2. The van der Waals surface area contributed by atoms with Crippen molar-refractivity contribution >= 4 is 11.6 Å². The maximum Gasteiger partial charge on any atom is 0.0911 e. The van der Waals surface area contributed by atoms with E-state index in [4.69, 9.17) is 11.6 Å². The van der Waals surface area contributed by atoms with Crippen LogP contribution in [-0.2, 0) is 5.60 Å². The maximum atomic E-state index is 10.5. The maximum absolute atomic E-state index is 10.5. The fourth-order valence-corrected chi connectivity index (χ4v) is 3.16. The molecule has 2 nitrogen and oxygen atoms in total. The quantitative estimate of drug-likeness (QED) is 0.876. The molecular weight excluding hydrogens is 258 g/mol. The summed E-state index contributed by atoms with van der Waals surface area (Å²) in [5.41, 5.74) is 3.59. The molecule has 3 heteroatoms. The van der Waals surface area contributed by atoms with Gasteiger partial charge in [0.05, 0.1) is 5.60 Å². The first-order valence-electron chi connectivity index (χ1n) is 6.69. The van der Waals surface area contributed by atoms with E-state index in [1.165, 1.54) is 11.4 Å². The first kappa shape index (κ1) is 12.8. The van der Waals surface area contributed by atoms with Crippen molar-refractivity contribution in [3.8, 4) is 5.69 Å². The fraction of sp³-hybridized carbons (Fsp3) is 0.375. The molecule has 19 heavy (non-hydrogen) atoms. The van der Waals surface area contributed by atoms with Crippen molar-refractivity contribution in [1.29, 1.82) is 0 Å². The molecule has 1 saturated carbocycles. The molecule has 0 spiro atoms. The summed E-state index contributed by atoms with van der Waals surface area (Å²) in [6.07, 6.45) is 2.68. The van der Waals surface area contributed by atoms with E-state index < -0.39 is 5.60 Å². The first-order valence-corrected chi connectivity index (χ1v) is 7.07. The van der Waals surface area contributed by atoms with Gasteiger partial charge in [0.25, 0.3) is 0 Å². The van der Waals surface area contributed by atoms with Crippen LogP contribution in [0.2, 0.25) is 5.02 Å². The SMILES string of the molecule is Cc1ccc(C)n1-c1ccc(Cl)c(C2(O)CCC2)c1. The highest BCUT2D eigenvalue weighted by Gasteiger charge is 2.38. The molecule has 0 bridgehead atoms. The van der Waals surface area contributed by atoms with Crippen LogP contribution in [0, 0.1) is 13.8 Å². The third-order valence-electron chi connectivity index (χ3n) is 4.16. The highest BCUT2D eigenvalue weighted by molar-refractivity contribution is 6.31. The summed E-state index contributed by atoms with van der Waals surface area (Å²) < 4.78 is 2.18. The van der Waals surface area contributed by atoms with Crippen LogP contribution >= 0.6 is 11.6 Å². The second-order valence-corrected chi connectivity index (χ2v) is 5.91. The van der Waals surface area contributed by atoms with Crippen LogP contribution in [0.4, 0.5) is 0 Å². The Morgan fingerprint density at radius 2 is 1.74 bits per heavy atom. The summed E-state index contributed by atoms with van der Waals surface area (Å²) in [7, 11) is 0. The van der Waals surface area contributed by atoms with Gasteiger partial charge in [-0.25, -0.2) is 0 Å². The van der Waals surface area contributed by atoms with E-state index in [0.717, 1.165) is 30.5 Å². The molecule has 0 saturated heterocycles. The molecule has 1 fully saturated rings. The number of hydrogen-bond donors (Lipinski definition) is 1. The van der Waals surface area contributed by atoms with Crippen LogP contribution in [0.15, 0.2) is 30.3 Å². The number of nitrogens with zero attached hydrogens (tertiary/aromatic N) is 1. The van der Waals surface area contributed by atoms with Gasteiger partial charge in [-0.3, -0.25) is 0 Å². The Kier molecular flexibility index (Phi) is 2.95. The second kappa shape index (κ2) is 4.39. The van der Waals surface area contributed by atoms with Crippen molar-refractivity contribution in [2.45, 2.75) is 38.7 Å². The van der Waals surface area contributed by atoms with Crippen LogP contribution < -0.4 is 0 Å². The standard InChI is InChI=1S/C16H18ClNO/c1-11-4-5-12(2)18(11)13-6-7-15(17)14(10-13)16(19)8-3-9-16/h4-7,10,19H,3,8-9H2,1-2H3. The van der Waals surface area contributed by atoms with Crippen molar-refractivity contribution in [1.82, 2.24) is 4.57 Å². The lowest BCUT2D eigenvalue weighted by Gasteiger charge is -2.38. The molecule has 1 heterocycles. The van der Waals surface area contributed by atoms with Gasteiger partial charge >= 0.3 is 0 Å². The molecule has 0 atom stereocenters. The van der Waals surface area contributed by atoms with E-state index in [1.54, 1.807) is 0 Å². The zero-order chi connectivity index (χ0) is 13.6. The minimum absolute atomic E-state index is 0.661. The largest absolute Gasteiger partial charge is 0.385 e. The van der Waals surface area contributed by atoms with E-state index in [0.29, 0.717) is 5.02 Å². The molecule has 1 aliphatic carbocycles. The highest BCUT2D eigenvalue weighted by atomic mass is 35.5. The van der Waals surface area contributed by atoms with Gasteiger partial charge in [-0.05, 0) is 63.4 Å². The van der Waals surface area contributed by atoms with Crippen LogP contribution in [0.1, 0.15) is 36.2 Å². The fourth-order valence-electron chi connectivity index (χ4n) is 2.87. The number of halogens is 1. The second-order valence-electron chi connectivity index (χ2n) is 5.50. The highest BCUT2D eigenvalue weighted by Crippen LogP contribution is 2.44. The van der Waals surface area contributed by atoms with Crippen LogP contribution in [0.5, 0.6) is 0 Å². The summed E-state index contributed by atoms with van der Waals surface area (Å²) in [4.78, 5) is 0. The monoisotopic (exact) mass is 275 g/mol. The van der Waals surface area contributed by atoms with Gasteiger partial charge in [-0.15, -0.1) is 0 Å². The third-order valence-corrected chi connectivity index (χ3v) is 4.49. The molecule has 0 amide bonds. The van der Waals surface area contributed by atoms with E-state index in [-0.39, 0.29) is 0 Å². The van der Waals surface area contributed by atoms with E-state index in [1.807, 2.05) is 18.2 Å². The van der Waals surface area contributed by atoms with Gasteiger partial charge in [-0.2, -0.15) is 0 Å². The lowest BCUT2D eigenvalue weighted by Crippen LogP contribution is -2.34. The lowest BCUT2D eigenvalue weighted by atomic mass is 9.75. The molecule has 0 aliphatic heterocycles. The summed E-state index contributed by atoms with van der Waals surface area (Å²) in [5, 5.41) is 11.2. The van der Waals surface area contributed by atoms with Crippen molar-refractivity contribution in [2.24, 2.45) is 0 Å². The number of aliphatic hydroxyl groups is 1. The van der Waals surface area contributed by atoms with Crippen molar-refractivity contribution in [3.63, 3.8) is 0 Å². The molecule has 1 aromatic heterocycles. The minimum atomic E-state index is -0.720. The molecule has 3 rings (SSSR count). The van der Waals surface area contributed by atoms with Crippen LogP contribution in [0.3, 0.4) is 0 Å². The van der Waals surface area contributed by atoms with Crippen molar-refractivity contribution < 1.29 is 5.11 Å². The van der Waals surface area contributed by atoms with Gasteiger partial charge in [0.2, 0.25) is 0 Å². The van der Waals surface area contributed by atoms with Crippen molar-refractivity contribution in [3.05, 3.63) is 52.3 Å². The average molecular weight is 276 g/mol. The van der Waals surface area contributed by atoms with E-state index in [9.17, 15) is 5.11 Å². The van der Waals surface area contributed by atoms with E-state index >= 15 is 0 Å². The van der Waals surface area contributed by atoms with Gasteiger partial charge in [0, 0.05) is 27.7 Å². The molecule has 2 aromatic rings.